The van der Waals surface area contributed by atoms with Gasteiger partial charge < -0.3 is 45.1 Å². The molecule has 76 heavy (non-hydrogen) atoms. The summed E-state index contributed by atoms with van der Waals surface area (Å²) < 4.78 is 16.7. The van der Waals surface area contributed by atoms with Crippen molar-refractivity contribution in [1.82, 2.24) is 5.32 Å². The predicted octanol–water partition coefficient (Wildman–Crippen LogP) is 15.5. The summed E-state index contributed by atoms with van der Waals surface area (Å²) in [4.78, 5) is 25.1. The van der Waals surface area contributed by atoms with Crippen LogP contribution in [0.15, 0.2) is 36.5 Å². The molecule has 6 N–H and O–H groups in total. The number of rotatable bonds is 56. The first-order chi connectivity index (χ1) is 37.2. The van der Waals surface area contributed by atoms with Crippen LogP contribution in [-0.2, 0) is 23.8 Å². The van der Waals surface area contributed by atoms with Gasteiger partial charge in [0.05, 0.1) is 32.0 Å². The summed E-state index contributed by atoms with van der Waals surface area (Å²) in [5.41, 5.74) is 0. The first-order valence-corrected chi connectivity index (χ1v) is 32.3. The van der Waals surface area contributed by atoms with Crippen LogP contribution in [0.1, 0.15) is 303 Å². The van der Waals surface area contributed by atoms with Crippen molar-refractivity contribution in [3.05, 3.63) is 36.5 Å². The Bertz CT molecular complexity index is 1360. The third-order valence-corrected chi connectivity index (χ3v) is 15.2. The Kier molecular flexibility index (Phi) is 51.9. The van der Waals surface area contributed by atoms with Gasteiger partial charge in [-0.15, -0.1) is 0 Å². The maximum Gasteiger partial charge on any atom is 0.305 e. The Morgan fingerprint density at radius 2 is 0.842 bits per heavy atom. The number of unbranched alkanes of at least 4 members (excludes halogenated alkanes) is 38. The molecule has 0 saturated carbocycles. The predicted molar refractivity (Wildman–Crippen MR) is 315 cm³/mol. The van der Waals surface area contributed by atoms with Crippen molar-refractivity contribution in [1.29, 1.82) is 0 Å². The van der Waals surface area contributed by atoms with Crippen LogP contribution in [0.4, 0.5) is 0 Å². The highest BCUT2D eigenvalue weighted by atomic mass is 16.7. The Morgan fingerprint density at radius 3 is 1.26 bits per heavy atom. The minimum Gasteiger partial charge on any atom is -0.466 e. The summed E-state index contributed by atoms with van der Waals surface area (Å²) in [5, 5.41) is 54.2. The maximum absolute atomic E-state index is 13.0. The Hall–Kier alpha value is -2.12. The minimum atomic E-state index is -1.57. The molecule has 0 aromatic rings. The highest BCUT2D eigenvalue weighted by molar-refractivity contribution is 5.76. The number of carbonyl (C=O) groups is 2. The van der Waals surface area contributed by atoms with E-state index in [1.165, 1.54) is 199 Å². The van der Waals surface area contributed by atoms with Crippen molar-refractivity contribution < 1.29 is 49.3 Å². The molecule has 7 unspecified atom stereocenters. The first-order valence-electron chi connectivity index (χ1n) is 32.3. The zero-order valence-corrected chi connectivity index (χ0v) is 49.2. The van der Waals surface area contributed by atoms with E-state index in [2.05, 4.69) is 43.5 Å². The lowest BCUT2D eigenvalue weighted by molar-refractivity contribution is -0.302. The number of ether oxygens (including phenoxy) is 3. The topological polar surface area (TPSA) is 175 Å². The highest BCUT2D eigenvalue weighted by Gasteiger charge is 2.44. The molecule has 1 aliphatic heterocycles. The molecular formula is C65H121NO10. The number of carbonyl (C=O) groups excluding carboxylic acids is 2. The van der Waals surface area contributed by atoms with Crippen LogP contribution in [0.25, 0.3) is 0 Å². The Morgan fingerprint density at radius 1 is 0.474 bits per heavy atom. The quantitative estimate of drug-likeness (QED) is 0.0195. The van der Waals surface area contributed by atoms with Crippen LogP contribution in [-0.4, -0.2) is 100 Å². The zero-order chi connectivity index (χ0) is 55.2. The fourth-order valence-electron chi connectivity index (χ4n) is 10.1. The number of hydrogen-bond donors (Lipinski definition) is 6. The molecule has 1 aliphatic rings. The van der Waals surface area contributed by atoms with Gasteiger partial charge in [-0.05, 0) is 83.5 Å². The number of hydrogen-bond acceptors (Lipinski definition) is 10. The lowest BCUT2D eigenvalue weighted by atomic mass is 9.99. The van der Waals surface area contributed by atoms with Crippen molar-refractivity contribution in [2.75, 3.05) is 19.8 Å². The second kappa shape index (κ2) is 54.8. The van der Waals surface area contributed by atoms with Gasteiger partial charge in [-0.2, -0.15) is 0 Å². The van der Waals surface area contributed by atoms with E-state index < -0.39 is 49.5 Å². The molecule has 11 nitrogen and oxygen atoms in total. The molecule has 0 aromatic heterocycles. The highest BCUT2D eigenvalue weighted by Crippen LogP contribution is 2.23. The van der Waals surface area contributed by atoms with E-state index in [-0.39, 0.29) is 18.5 Å². The third-order valence-electron chi connectivity index (χ3n) is 15.2. The normalized spacial score (nSPS) is 18.9. The maximum atomic E-state index is 13.0. The number of aliphatic hydroxyl groups is 5. The van der Waals surface area contributed by atoms with Gasteiger partial charge in [0.15, 0.2) is 6.29 Å². The zero-order valence-electron chi connectivity index (χ0n) is 49.2. The van der Waals surface area contributed by atoms with Crippen molar-refractivity contribution in [3.8, 4) is 0 Å². The molecule has 1 rings (SSSR count). The smallest absolute Gasteiger partial charge is 0.305 e. The monoisotopic (exact) mass is 1080 g/mol. The molecule has 0 spiro atoms. The SMILES string of the molecule is CCCCCCCC/C=C\CCCCCCCCCC(=O)OCCCCCCCCCCCCC/C=C\CCCCCCCCCC(=O)NC(COC1OC(CO)C(O)C(O)C1O)C(O)/C=C/CCCCCCCCC. The van der Waals surface area contributed by atoms with Gasteiger partial charge in [-0.1, -0.05) is 243 Å². The molecule has 1 saturated heterocycles. The molecule has 0 bridgehead atoms. The summed E-state index contributed by atoms with van der Waals surface area (Å²) in [6, 6.07) is -0.814. The molecule has 446 valence electrons. The summed E-state index contributed by atoms with van der Waals surface area (Å²) in [6.45, 7) is 4.31. The lowest BCUT2D eigenvalue weighted by Crippen LogP contribution is -2.60. The van der Waals surface area contributed by atoms with E-state index in [9.17, 15) is 35.1 Å². The minimum absolute atomic E-state index is 0.00587. The molecular weight excluding hydrogens is 955 g/mol. The van der Waals surface area contributed by atoms with Gasteiger partial charge in [0, 0.05) is 12.8 Å². The molecule has 1 amide bonds. The molecule has 11 heteroatoms. The van der Waals surface area contributed by atoms with Crippen LogP contribution >= 0.6 is 0 Å². The van der Waals surface area contributed by atoms with Crippen LogP contribution in [0.5, 0.6) is 0 Å². The van der Waals surface area contributed by atoms with E-state index in [4.69, 9.17) is 14.2 Å². The van der Waals surface area contributed by atoms with Crippen LogP contribution < -0.4 is 5.32 Å². The van der Waals surface area contributed by atoms with Crippen LogP contribution in [0.2, 0.25) is 0 Å². The van der Waals surface area contributed by atoms with Crippen molar-refractivity contribution in [2.45, 2.75) is 346 Å². The van der Waals surface area contributed by atoms with Crippen LogP contribution in [0.3, 0.4) is 0 Å². The second-order valence-electron chi connectivity index (χ2n) is 22.5. The number of amides is 1. The number of aliphatic hydroxyl groups excluding tert-OH is 5. The number of allylic oxidation sites excluding steroid dienone is 5. The van der Waals surface area contributed by atoms with Gasteiger partial charge in [-0.3, -0.25) is 9.59 Å². The van der Waals surface area contributed by atoms with Crippen molar-refractivity contribution in [2.24, 2.45) is 0 Å². The van der Waals surface area contributed by atoms with Gasteiger partial charge >= 0.3 is 5.97 Å². The third kappa shape index (κ3) is 43.7. The average Bonchev–Trinajstić information content (AvgIpc) is 3.42. The largest absolute Gasteiger partial charge is 0.466 e. The standard InChI is InChI=1S/C65H121NO10/c1-3-5-7-9-11-13-14-15-16-23-27-30-33-37-41-45-49-53-61(70)74-54-50-46-42-38-34-31-28-25-22-20-18-17-19-21-24-26-29-32-36-40-44-48-52-60(69)66-57(58(68)51-47-43-39-35-12-10-8-6-4-2)56-75-65-64(73)63(72)62(71)59(55-67)76-65/h15-16,19,21,47,51,57-59,62-65,67-68,71-73H,3-14,17-18,20,22-46,48-50,52-56H2,1-2H3,(H,66,69)/b16-15-,21-19-,51-47+. The van der Waals surface area contributed by atoms with Crippen LogP contribution in [0, 0.1) is 0 Å². The van der Waals surface area contributed by atoms with E-state index in [1.807, 2.05) is 6.08 Å². The van der Waals surface area contributed by atoms with Crippen molar-refractivity contribution in [3.63, 3.8) is 0 Å². The van der Waals surface area contributed by atoms with Gasteiger partial charge in [0.1, 0.15) is 24.4 Å². The van der Waals surface area contributed by atoms with Gasteiger partial charge in [0.2, 0.25) is 5.91 Å². The molecule has 1 fully saturated rings. The summed E-state index contributed by atoms with van der Waals surface area (Å²) in [5.74, 6) is -0.196. The molecule has 0 radical (unpaired) electrons. The summed E-state index contributed by atoms with van der Waals surface area (Å²) in [7, 11) is 0. The Labute approximate surface area is 466 Å². The lowest BCUT2D eigenvalue weighted by Gasteiger charge is -2.40. The van der Waals surface area contributed by atoms with Gasteiger partial charge in [0.25, 0.3) is 0 Å². The molecule has 0 aromatic carbocycles. The summed E-state index contributed by atoms with van der Waals surface area (Å²) in [6.07, 6.45) is 58.4. The molecule has 7 atom stereocenters. The fraction of sp³-hybridized carbons (Fsp3) is 0.877. The van der Waals surface area contributed by atoms with E-state index in [1.54, 1.807) is 6.08 Å². The number of nitrogens with one attached hydrogen (secondary N) is 1. The average molecular weight is 1080 g/mol. The summed E-state index contributed by atoms with van der Waals surface area (Å²) >= 11 is 0. The molecule has 1 heterocycles. The van der Waals surface area contributed by atoms with Crippen molar-refractivity contribution >= 4 is 11.9 Å². The second-order valence-corrected chi connectivity index (χ2v) is 22.5. The van der Waals surface area contributed by atoms with Gasteiger partial charge in [-0.25, -0.2) is 0 Å². The van der Waals surface area contributed by atoms with E-state index in [0.717, 1.165) is 77.0 Å². The number of esters is 1. The van der Waals surface area contributed by atoms with E-state index in [0.29, 0.717) is 19.4 Å². The fourth-order valence-corrected chi connectivity index (χ4v) is 10.1. The Balaban J connectivity index is 1.98. The molecule has 0 aliphatic carbocycles. The first kappa shape index (κ1) is 71.9. The van der Waals surface area contributed by atoms with E-state index >= 15 is 0 Å².